The van der Waals surface area contributed by atoms with Crippen molar-refractivity contribution in [2.75, 3.05) is 5.32 Å². The van der Waals surface area contributed by atoms with Gasteiger partial charge in [-0.3, -0.25) is 4.79 Å². The molecule has 3 aromatic rings. The Balaban J connectivity index is 1.48. The molecule has 27 heavy (non-hydrogen) atoms. The van der Waals surface area contributed by atoms with Crippen molar-refractivity contribution in [1.29, 1.82) is 0 Å². The first-order valence-electron chi connectivity index (χ1n) is 8.71. The standard InChI is InChI=1S/C18H18BrN7O/c19-16-10-21-17(11-20-16)24-13-5-3-6-14(13)25-18(27)12-4-1-2-7-15(12)26-22-8-9-23-26/h1-2,4,7-11,13-14H,3,5-6H2,(H,21,24)(H,25,27)/t13-,14-/m0/s1. The number of benzene rings is 1. The number of para-hydroxylation sites is 1. The van der Waals surface area contributed by atoms with E-state index < -0.39 is 0 Å². The van der Waals surface area contributed by atoms with E-state index in [2.05, 4.69) is 46.7 Å². The highest BCUT2D eigenvalue weighted by Crippen LogP contribution is 2.23. The zero-order valence-corrected chi connectivity index (χ0v) is 16.0. The van der Waals surface area contributed by atoms with E-state index in [1.54, 1.807) is 30.9 Å². The number of rotatable bonds is 5. The highest BCUT2D eigenvalue weighted by molar-refractivity contribution is 9.10. The zero-order chi connectivity index (χ0) is 18.6. The Bertz CT molecular complexity index is 914. The smallest absolute Gasteiger partial charge is 0.253 e. The van der Waals surface area contributed by atoms with E-state index in [1.165, 1.54) is 4.80 Å². The molecule has 1 aliphatic rings. The van der Waals surface area contributed by atoms with Gasteiger partial charge in [0.1, 0.15) is 10.4 Å². The third-order valence-corrected chi connectivity index (χ3v) is 4.98. The summed E-state index contributed by atoms with van der Waals surface area (Å²) >= 11 is 3.28. The molecule has 1 fully saturated rings. The van der Waals surface area contributed by atoms with Crippen molar-refractivity contribution in [2.24, 2.45) is 0 Å². The van der Waals surface area contributed by atoms with Gasteiger partial charge < -0.3 is 10.6 Å². The molecule has 2 aromatic heterocycles. The first-order valence-corrected chi connectivity index (χ1v) is 9.50. The maximum absolute atomic E-state index is 12.9. The minimum Gasteiger partial charge on any atom is -0.364 e. The van der Waals surface area contributed by atoms with Crippen molar-refractivity contribution in [3.63, 3.8) is 0 Å². The molecule has 1 aliphatic carbocycles. The van der Waals surface area contributed by atoms with Gasteiger partial charge >= 0.3 is 0 Å². The van der Waals surface area contributed by atoms with E-state index in [1.807, 2.05) is 18.2 Å². The average Bonchev–Trinajstić information content (AvgIpc) is 3.36. The summed E-state index contributed by atoms with van der Waals surface area (Å²) in [6.45, 7) is 0. The lowest BCUT2D eigenvalue weighted by Crippen LogP contribution is -2.43. The maximum Gasteiger partial charge on any atom is 0.253 e. The molecule has 4 rings (SSSR count). The van der Waals surface area contributed by atoms with Crippen LogP contribution in [0, 0.1) is 0 Å². The zero-order valence-electron chi connectivity index (χ0n) is 14.4. The second kappa shape index (κ2) is 7.83. The van der Waals surface area contributed by atoms with E-state index in [9.17, 15) is 4.79 Å². The van der Waals surface area contributed by atoms with E-state index in [4.69, 9.17) is 0 Å². The number of amides is 1. The normalized spacial score (nSPS) is 19.0. The number of carbonyl (C=O) groups excluding carboxylic acids is 1. The Hall–Kier alpha value is -2.81. The van der Waals surface area contributed by atoms with Crippen LogP contribution >= 0.6 is 15.9 Å². The molecule has 0 radical (unpaired) electrons. The first-order chi connectivity index (χ1) is 13.2. The topological polar surface area (TPSA) is 97.6 Å². The number of nitrogens with zero attached hydrogens (tertiary/aromatic N) is 5. The minimum atomic E-state index is -0.136. The molecular weight excluding hydrogens is 410 g/mol. The SMILES string of the molecule is O=C(N[C@H]1CCC[C@@H]1Nc1cnc(Br)cn1)c1ccccc1-n1nccn1. The molecule has 0 bridgehead atoms. The summed E-state index contributed by atoms with van der Waals surface area (Å²) in [6, 6.07) is 7.44. The summed E-state index contributed by atoms with van der Waals surface area (Å²) in [5, 5.41) is 14.8. The third-order valence-electron chi connectivity index (χ3n) is 4.57. The fraction of sp³-hybridized carbons (Fsp3) is 0.278. The number of carbonyl (C=O) groups is 1. The summed E-state index contributed by atoms with van der Waals surface area (Å²) < 4.78 is 0.688. The van der Waals surface area contributed by atoms with Gasteiger partial charge in [-0.05, 0) is 47.3 Å². The lowest BCUT2D eigenvalue weighted by atomic mass is 10.1. The van der Waals surface area contributed by atoms with E-state index in [-0.39, 0.29) is 18.0 Å². The first kappa shape index (κ1) is 17.6. The molecule has 0 aliphatic heterocycles. The van der Waals surface area contributed by atoms with Crippen LogP contribution in [0.4, 0.5) is 5.82 Å². The molecule has 2 heterocycles. The van der Waals surface area contributed by atoms with Crippen LogP contribution in [0.5, 0.6) is 0 Å². The minimum absolute atomic E-state index is 0.0154. The van der Waals surface area contributed by atoms with Gasteiger partial charge in [-0.15, -0.1) is 0 Å². The van der Waals surface area contributed by atoms with Gasteiger partial charge in [0.05, 0.1) is 36.0 Å². The van der Waals surface area contributed by atoms with Crippen LogP contribution in [-0.4, -0.2) is 43.0 Å². The lowest BCUT2D eigenvalue weighted by Gasteiger charge is -2.23. The van der Waals surface area contributed by atoms with E-state index in [0.717, 1.165) is 19.3 Å². The van der Waals surface area contributed by atoms with Crippen molar-refractivity contribution >= 4 is 27.7 Å². The van der Waals surface area contributed by atoms with Gasteiger partial charge in [-0.25, -0.2) is 9.97 Å². The number of anilines is 1. The Morgan fingerprint density at radius 1 is 1.07 bits per heavy atom. The molecule has 2 N–H and O–H groups in total. The molecule has 0 unspecified atom stereocenters. The van der Waals surface area contributed by atoms with Crippen LogP contribution < -0.4 is 10.6 Å². The van der Waals surface area contributed by atoms with Crippen LogP contribution in [0.25, 0.3) is 5.69 Å². The lowest BCUT2D eigenvalue weighted by molar-refractivity contribution is 0.0935. The maximum atomic E-state index is 12.9. The van der Waals surface area contributed by atoms with Crippen molar-refractivity contribution in [3.8, 4) is 5.69 Å². The average molecular weight is 428 g/mol. The molecule has 0 spiro atoms. The summed E-state index contributed by atoms with van der Waals surface area (Å²) in [6.07, 6.45) is 9.42. The monoisotopic (exact) mass is 427 g/mol. The fourth-order valence-corrected chi connectivity index (χ4v) is 3.51. The molecule has 0 saturated heterocycles. The number of hydrogen-bond acceptors (Lipinski definition) is 6. The van der Waals surface area contributed by atoms with Gasteiger partial charge in [0.2, 0.25) is 0 Å². The van der Waals surface area contributed by atoms with Crippen LogP contribution in [0.15, 0.2) is 53.7 Å². The molecular formula is C18H18BrN7O. The quantitative estimate of drug-likeness (QED) is 0.649. The number of aromatic nitrogens is 5. The molecule has 9 heteroatoms. The summed E-state index contributed by atoms with van der Waals surface area (Å²) in [7, 11) is 0. The van der Waals surface area contributed by atoms with E-state index >= 15 is 0 Å². The highest BCUT2D eigenvalue weighted by atomic mass is 79.9. The Morgan fingerprint density at radius 3 is 2.63 bits per heavy atom. The van der Waals surface area contributed by atoms with Gasteiger partial charge in [0, 0.05) is 12.1 Å². The van der Waals surface area contributed by atoms with Crippen molar-refractivity contribution in [1.82, 2.24) is 30.3 Å². The number of halogens is 1. The summed E-state index contributed by atoms with van der Waals surface area (Å²) in [5.41, 5.74) is 1.20. The largest absolute Gasteiger partial charge is 0.364 e. The summed E-state index contributed by atoms with van der Waals surface area (Å²) in [5.74, 6) is 0.564. The van der Waals surface area contributed by atoms with Crippen molar-refractivity contribution in [3.05, 3.63) is 59.2 Å². The predicted octanol–water partition coefficient (Wildman–Crippen LogP) is 2.58. The van der Waals surface area contributed by atoms with Gasteiger partial charge in [-0.2, -0.15) is 15.0 Å². The molecule has 2 atom stereocenters. The second-order valence-corrected chi connectivity index (χ2v) is 7.13. The Labute approximate surface area is 164 Å². The molecule has 1 saturated carbocycles. The third kappa shape index (κ3) is 3.97. The van der Waals surface area contributed by atoms with Crippen LogP contribution in [0.3, 0.4) is 0 Å². The molecule has 1 aromatic carbocycles. The number of hydrogen-bond donors (Lipinski definition) is 2. The van der Waals surface area contributed by atoms with Gasteiger partial charge in [0.15, 0.2) is 0 Å². The van der Waals surface area contributed by atoms with Crippen LogP contribution in [0.2, 0.25) is 0 Å². The predicted molar refractivity (Wildman–Crippen MR) is 104 cm³/mol. The van der Waals surface area contributed by atoms with Crippen LogP contribution in [-0.2, 0) is 0 Å². The fourth-order valence-electron chi connectivity index (χ4n) is 3.31. The Morgan fingerprint density at radius 2 is 1.85 bits per heavy atom. The van der Waals surface area contributed by atoms with E-state index in [0.29, 0.717) is 21.7 Å². The molecule has 138 valence electrons. The van der Waals surface area contributed by atoms with Crippen LogP contribution in [0.1, 0.15) is 29.6 Å². The highest BCUT2D eigenvalue weighted by Gasteiger charge is 2.29. The Kier molecular flexibility index (Phi) is 5.10. The molecule has 8 nitrogen and oxygen atoms in total. The van der Waals surface area contributed by atoms with Gasteiger partial charge in [-0.1, -0.05) is 12.1 Å². The summed E-state index contributed by atoms with van der Waals surface area (Å²) in [4.78, 5) is 22.9. The van der Waals surface area contributed by atoms with Crippen molar-refractivity contribution in [2.45, 2.75) is 31.3 Å². The number of nitrogens with one attached hydrogen (secondary N) is 2. The molecule has 1 amide bonds. The van der Waals surface area contributed by atoms with Crippen molar-refractivity contribution < 1.29 is 4.79 Å². The second-order valence-electron chi connectivity index (χ2n) is 6.32. The van der Waals surface area contributed by atoms with Gasteiger partial charge in [0.25, 0.3) is 5.91 Å².